The molecule has 4 heteroatoms. The molecule has 1 heterocycles. The van der Waals surface area contributed by atoms with Gasteiger partial charge in [0.2, 0.25) is 0 Å². The van der Waals surface area contributed by atoms with E-state index in [1.165, 1.54) is 12.8 Å². The Morgan fingerprint density at radius 1 is 1.47 bits per heavy atom. The van der Waals surface area contributed by atoms with Gasteiger partial charge >= 0.3 is 5.97 Å². The summed E-state index contributed by atoms with van der Waals surface area (Å²) in [6, 6.07) is 0. The number of nitrogens with zero attached hydrogens (tertiary/aromatic N) is 1. The van der Waals surface area contributed by atoms with Crippen molar-refractivity contribution < 1.29 is 9.90 Å². The molecule has 1 fully saturated rings. The van der Waals surface area contributed by atoms with Crippen LogP contribution in [0.3, 0.4) is 0 Å². The largest absolute Gasteiger partial charge is 0.480 e. The molecule has 0 aromatic heterocycles. The minimum Gasteiger partial charge on any atom is -0.480 e. The molecule has 0 aromatic rings. The molecule has 0 aromatic carbocycles. The highest BCUT2D eigenvalue weighted by molar-refractivity contribution is 5.77. The van der Waals surface area contributed by atoms with Gasteiger partial charge in [0.1, 0.15) is 5.54 Å². The number of rotatable bonds is 5. The Hall–Kier alpha value is -0.610. The monoisotopic (exact) mass is 242 g/mol. The second kappa shape index (κ2) is 5.83. The van der Waals surface area contributed by atoms with Crippen LogP contribution in [0.4, 0.5) is 0 Å². The van der Waals surface area contributed by atoms with Gasteiger partial charge in [-0.15, -0.1) is 0 Å². The number of likely N-dealkylation sites (tertiary alicyclic amines) is 1. The number of hydrogen-bond donors (Lipinski definition) is 2. The zero-order chi connectivity index (χ0) is 13.1. The number of hydrogen-bond acceptors (Lipinski definition) is 3. The molecule has 4 nitrogen and oxygen atoms in total. The lowest BCUT2D eigenvalue weighted by molar-refractivity contribution is -0.143. The molecule has 0 radical (unpaired) electrons. The first-order valence-electron chi connectivity index (χ1n) is 6.57. The van der Waals surface area contributed by atoms with Gasteiger partial charge in [0, 0.05) is 6.54 Å². The van der Waals surface area contributed by atoms with E-state index in [9.17, 15) is 4.79 Å². The lowest BCUT2D eigenvalue weighted by Gasteiger charge is -2.35. The molecular weight excluding hydrogens is 216 g/mol. The minimum absolute atomic E-state index is 0.522. The number of nitrogens with two attached hydrogens (primary N) is 1. The zero-order valence-corrected chi connectivity index (χ0v) is 11.3. The smallest absolute Gasteiger partial charge is 0.323 e. The summed E-state index contributed by atoms with van der Waals surface area (Å²) in [5, 5.41) is 8.94. The van der Waals surface area contributed by atoms with Gasteiger partial charge in [-0.25, -0.2) is 0 Å². The molecule has 1 aliphatic rings. The Balaban J connectivity index is 2.29. The highest BCUT2D eigenvalue weighted by Gasteiger charge is 2.29. The van der Waals surface area contributed by atoms with Gasteiger partial charge in [0.25, 0.3) is 0 Å². The first-order chi connectivity index (χ1) is 7.83. The Morgan fingerprint density at radius 3 is 2.41 bits per heavy atom. The van der Waals surface area contributed by atoms with Crippen molar-refractivity contribution in [2.24, 2.45) is 17.6 Å². The first kappa shape index (κ1) is 14.5. The minimum atomic E-state index is -1.09. The molecule has 0 bridgehead atoms. The summed E-state index contributed by atoms with van der Waals surface area (Å²) in [4.78, 5) is 13.2. The van der Waals surface area contributed by atoms with Crippen molar-refractivity contribution in [3.05, 3.63) is 0 Å². The molecule has 1 aliphatic heterocycles. The second-order valence-corrected chi connectivity index (χ2v) is 5.90. The SMILES string of the molecule is CC(C)C1CCN(CCC(C)(N)C(=O)O)CC1. The predicted molar refractivity (Wildman–Crippen MR) is 68.8 cm³/mol. The number of aliphatic carboxylic acids is 1. The van der Waals surface area contributed by atoms with Crippen LogP contribution >= 0.6 is 0 Å². The van der Waals surface area contributed by atoms with E-state index in [0.717, 1.165) is 31.5 Å². The van der Waals surface area contributed by atoms with Crippen molar-refractivity contribution in [3.8, 4) is 0 Å². The van der Waals surface area contributed by atoms with Crippen molar-refractivity contribution in [2.45, 2.75) is 45.6 Å². The molecular formula is C13H26N2O2. The van der Waals surface area contributed by atoms with Crippen molar-refractivity contribution >= 4 is 5.97 Å². The Morgan fingerprint density at radius 2 is 2.00 bits per heavy atom. The summed E-state index contributed by atoms with van der Waals surface area (Å²) in [7, 11) is 0. The summed E-state index contributed by atoms with van der Waals surface area (Å²) < 4.78 is 0. The van der Waals surface area contributed by atoms with E-state index in [0.29, 0.717) is 6.42 Å². The van der Waals surface area contributed by atoms with Gasteiger partial charge in [0.15, 0.2) is 0 Å². The lowest BCUT2D eigenvalue weighted by atomic mass is 9.86. The Labute approximate surface area is 104 Å². The fourth-order valence-corrected chi connectivity index (χ4v) is 2.34. The molecule has 1 rings (SSSR count). The van der Waals surface area contributed by atoms with E-state index >= 15 is 0 Å². The highest BCUT2D eigenvalue weighted by Crippen LogP contribution is 2.24. The van der Waals surface area contributed by atoms with Gasteiger partial charge in [0.05, 0.1) is 0 Å². The van der Waals surface area contributed by atoms with Gasteiger partial charge in [-0.05, 0) is 51.1 Å². The highest BCUT2D eigenvalue weighted by atomic mass is 16.4. The van der Waals surface area contributed by atoms with Crippen LogP contribution in [0.2, 0.25) is 0 Å². The van der Waals surface area contributed by atoms with Crippen molar-refractivity contribution in [1.29, 1.82) is 0 Å². The standard InChI is InChI=1S/C13H26N2O2/c1-10(2)11-4-7-15(8-5-11)9-6-13(3,14)12(16)17/h10-11H,4-9,14H2,1-3H3,(H,16,17). The molecule has 3 N–H and O–H groups in total. The van der Waals surface area contributed by atoms with Gasteiger partial charge in [-0.3, -0.25) is 4.79 Å². The van der Waals surface area contributed by atoms with Crippen LogP contribution in [0, 0.1) is 11.8 Å². The van der Waals surface area contributed by atoms with E-state index in [1.54, 1.807) is 6.92 Å². The summed E-state index contributed by atoms with van der Waals surface area (Å²) in [6.45, 7) is 9.11. The van der Waals surface area contributed by atoms with E-state index < -0.39 is 11.5 Å². The fraction of sp³-hybridized carbons (Fsp3) is 0.923. The maximum absolute atomic E-state index is 10.9. The number of carboxylic acid groups (broad SMARTS) is 1. The molecule has 100 valence electrons. The average Bonchev–Trinajstić information content (AvgIpc) is 2.27. The van der Waals surface area contributed by atoms with Crippen LogP contribution in [-0.4, -0.2) is 41.1 Å². The predicted octanol–water partition coefficient (Wildman–Crippen LogP) is 1.55. The Bertz CT molecular complexity index is 256. The fourth-order valence-electron chi connectivity index (χ4n) is 2.34. The van der Waals surface area contributed by atoms with Crippen molar-refractivity contribution in [3.63, 3.8) is 0 Å². The molecule has 1 saturated heterocycles. The van der Waals surface area contributed by atoms with Gasteiger partial charge in [-0.1, -0.05) is 13.8 Å². The summed E-state index contributed by atoms with van der Waals surface area (Å²) in [6.07, 6.45) is 2.98. The Kier molecular flexibility index (Phi) is 4.95. The molecule has 0 saturated carbocycles. The van der Waals surface area contributed by atoms with E-state index in [2.05, 4.69) is 18.7 Å². The van der Waals surface area contributed by atoms with Crippen LogP contribution in [0.15, 0.2) is 0 Å². The molecule has 0 aliphatic carbocycles. The third-order valence-electron chi connectivity index (χ3n) is 4.01. The van der Waals surface area contributed by atoms with Crippen molar-refractivity contribution in [1.82, 2.24) is 4.90 Å². The van der Waals surface area contributed by atoms with E-state index in [4.69, 9.17) is 10.8 Å². The second-order valence-electron chi connectivity index (χ2n) is 5.90. The third-order valence-corrected chi connectivity index (χ3v) is 4.01. The van der Waals surface area contributed by atoms with Gasteiger partial charge < -0.3 is 15.7 Å². The quantitative estimate of drug-likeness (QED) is 0.767. The normalized spacial score (nSPS) is 22.6. The maximum atomic E-state index is 10.9. The summed E-state index contributed by atoms with van der Waals surface area (Å²) in [5.41, 5.74) is 4.64. The summed E-state index contributed by atoms with van der Waals surface area (Å²) in [5.74, 6) is 0.681. The van der Waals surface area contributed by atoms with E-state index in [-0.39, 0.29) is 0 Å². The van der Waals surface area contributed by atoms with Gasteiger partial charge in [-0.2, -0.15) is 0 Å². The van der Waals surface area contributed by atoms with Crippen LogP contribution < -0.4 is 5.73 Å². The molecule has 1 unspecified atom stereocenters. The zero-order valence-electron chi connectivity index (χ0n) is 11.3. The van der Waals surface area contributed by atoms with Crippen LogP contribution in [-0.2, 0) is 4.79 Å². The van der Waals surface area contributed by atoms with E-state index in [1.807, 2.05) is 0 Å². The molecule has 0 spiro atoms. The van der Waals surface area contributed by atoms with Crippen molar-refractivity contribution in [2.75, 3.05) is 19.6 Å². The number of carbonyl (C=O) groups is 1. The van der Waals surface area contributed by atoms with Crippen LogP contribution in [0.5, 0.6) is 0 Å². The van der Waals surface area contributed by atoms with Crippen LogP contribution in [0.1, 0.15) is 40.0 Å². The average molecular weight is 242 g/mol. The number of piperidine rings is 1. The number of carboxylic acids is 1. The lowest BCUT2D eigenvalue weighted by Crippen LogP contribution is -2.48. The topological polar surface area (TPSA) is 66.6 Å². The maximum Gasteiger partial charge on any atom is 0.323 e. The van der Waals surface area contributed by atoms with Crippen LogP contribution in [0.25, 0.3) is 0 Å². The summed E-state index contributed by atoms with van der Waals surface area (Å²) >= 11 is 0. The molecule has 0 amide bonds. The third kappa shape index (κ3) is 4.28. The molecule has 1 atom stereocenters. The molecule has 17 heavy (non-hydrogen) atoms. The first-order valence-corrected chi connectivity index (χ1v) is 6.57.